The number of amides is 3. The van der Waals surface area contributed by atoms with Gasteiger partial charge < -0.3 is 54.9 Å². The molecular formula is C44H47N11O7. The van der Waals surface area contributed by atoms with E-state index in [1.807, 2.05) is 24.3 Å². The van der Waals surface area contributed by atoms with Crippen LogP contribution >= 0.6 is 0 Å². The van der Waals surface area contributed by atoms with E-state index in [4.69, 9.17) is 15.2 Å². The number of nitrogens with one attached hydrogen (secondary N) is 3. The van der Waals surface area contributed by atoms with Gasteiger partial charge in [0, 0.05) is 83.1 Å². The Morgan fingerprint density at radius 3 is 2.58 bits per heavy atom. The zero-order valence-corrected chi connectivity index (χ0v) is 34.7. The van der Waals surface area contributed by atoms with Gasteiger partial charge in [0.05, 0.1) is 53.6 Å². The first kappa shape index (κ1) is 41.3. The lowest BCUT2D eigenvalue weighted by molar-refractivity contribution is -0.116. The molecule has 18 nitrogen and oxygen atoms in total. The quantitative estimate of drug-likeness (QED) is 0.0571. The number of rotatable bonds is 14. The van der Waals surface area contributed by atoms with Crippen LogP contribution in [-0.4, -0.2) is 89.4 Å². The number of nitrogens with zero attached hydrogens (tertiary/aromatic N) is 7. The number of aliphatic hydroxyl groups excluding tert-OH is 1. The van der Waals surface area contributed by atoms with E-state index in [0.29, 0.717) is 71.4 Å². The highest BCUT2D eigenvalue weighted by atomic mass is 16.5. The van der Waals surface area contributed by atoms with E-state index in [1.54, 1.807) is 88.8 Å². The van der Waals surface area contributed by atoms with Crippen molar-refractivity contribution in [2.45, 2.75) is 38.1 Å². The number of aromatic nitrogens is 5. The SMILES string of the molecule is C=C1C[C@H]2C=Nc3cc(OCCCC(=O)Nc4cn(C)c(C(=O)Nc5cc(C(O)Nc6cc(C(=O)n7ccc8ccc(CN)cc87)n(C)c6)n(C)c5)n4)c(OC)cc3C(=O)N2C1. The molecule has 2 atom stereocenters. The minimum absolute atomic E-state index is 0.0470. The highest BCUT2D eigenvalue weighted by Crippen LogP contribution is 2.38. The van der Waals surface area contributed by atoms with Crippen molar-refractivity contribution >= 4 is 63.6 Å². The first-order valence-electron chi connectivity index (χ1n) is 19.9. The number of ether oxygens (including phenoxy) is 2. The molecule has 1 saturated heterocycles. The zero-order valence-electron chi connectivity index (χ0n) is 34.7. The number of benzene rings is 2. The normalized spacial score (nSPS) is 15.0. The largest absolute Gasteiger partial charge is 0.493 e. The van der Waals surface area contributed by atoms with Crippen LogP contribution in [0.4, 0.5) is 22.9 Å². The van der Waals surface area contributed by atoms with Gasteiger partial charge in [-0.15, -0.1) is 0 Å². The third kappa shape index (κ3) is 8.20. The Bertz CT molecular complexity index is 2790. The lowest BCUT2D eigenvalue weighted by Gasteiger charge is -2.20. The van der Waals surface area contributed by atoms with Gasteiger partial charge in [0.1, 0.15) is 5.69 Å². The molecule has 0 aliphatic carbocycles. The molecule has 18 heteroatoms. The predicted molar refractivity (Wildman–Crippen MR) is 233 cm³/mol. The first-order valence-corrected chi connectivity index (χ1v) is 19.9. The number of fused-ring (bicyclic) bond motifs is 3. The summed E-state index contributed by atoms with van der Waals surface area (Å²) in [7, 11) is 6.61. The zero-order chi connectivity index (χ0) is 43.8. The fourth-order valence-corrected chi connectivity index (χ4v) is 7.76. The van der Waals surface area contributed by atoms with Crippen LogP contribution in [0.15, 0.2) is 90.5 Å². The van der Waals surface area contributed by atoms with E-state index in [1.165, 1.54) is 17.9 Å². The van der Waals surface area contributed by atoms with Crippen molar-refractivity contribution < 1.29 is 33.8 Å². The van der Waals surface area contributed by atoms with Crippen LogP contribution in [0.2, 0.25) is 0 Å². The number of methoxy groups -OCH3 is 1. The van der Waals surface area contributed by atoms with Gasteiger partial charge in [0.25, 0.3) is 17.7 Å². The third-order valence-electron chi connectivity index (χ3n) is 10.9. The van der Waals surface area contributed by atoms with Gasteiger partial charge in [-0.3, -0.25) is 28.7 Å². The van der Waals surface area contributed by atoms with Crippen molar-refractivity contribution in [2.24, 2.45) is 31.9 Å². The van der Waals surface area contributed by atoms with Gasteiger partial charge >= 0.3 is 0 Å². The van der Waals surface area contributed by atoms with Crippen LogP contribution in [-0.2, 0) is 32.5 Å². The van der Waals surface area contributed by atoms with Crippen molar-refractivity contribution in [3.05, 3.63) is 114 Å². The number of imidazole rings is 1. The molecule has 0 spiro atoms. The number of aliphatic imine (C=N–C) groups is 1. The summed E-state index contributed by atoms with van der Waals surface area (Å²) < 4.78 is 17.9. The number of carbonyl (C=O) groups is 4. The summed E-state index contributed by atoms with van der Waals surface area (Å²) in [6.07, 6.45) is 8.31. The molecular weight excluding hydrogens is 795 g/mol. The summed E-state index contributed by atoms with van der Waals surface area (Å²) in [5, 5.41) is 20.7. The Kier molecular flexibility index (Phi) is 11.3. The van der Waals surface area contributed by atoms with Crippen molar-refractivity contribution in [3.63, 3.8) is 0 Å². The lowest BCUT2D eigenvalue weighted by Crippen LogP contribution is -2.35. The fraction of sp³-hybridized carbons (Fsp3) is 0.273. The van der Waals surface area contributed by atoms with E-state index in [-0.39, 0.29) is 48.4 Å². The van der Waals surface area contributed by atoms with Crippen LogP contribution in [0.3, 0.4) is 0 Å². The number of aliphatic hydroxyl groups is 1. The highest BCUT2D eigenvalue weighted by molar-refractivity contribution is 6.05. The number of aryl methyl sites for hydroxylation is 3. The molecule has 0 bridgehead atoms. The second-order valence-electron chi connectivity index (χ2n) is 15.4. The molecule has 1 fully saturated rings. The van der Waals surface area contributed by atoms with Crippen LogP contribution in [0.5, 0.6) is 11.5 Å². The molecule has 6 heterocycles. The summed E-state index contributed by atoms with van der Waals surface area (Å²) in [5.74, 6) is -0.212. The molecule has 2 aromatic carbocycles. The highest BCUT2D eigenvalue weighted by Gasteiger charge is 2.34. The maximum absolute atomic E-state index is 13.6. The molecule has 0 radical (unpaired) electrons. The van der Waals surface area contributed by atoms with Crippen LogP contribution in [0.25, 0.3) is 10.9 Å². The Morgan fingerprint density at radius 2 is 1.79 bits per heavy atom. The van der Waals surface area contributed by atoms with E-state index in [0.717, 1.165) is 22.0 Å². The molecule has 62 heavy (non-hydrogen) atoms. The van der Waals surface area contributed by atoms with Crippen molar-refractivity contribution in [1.29, 1.82) is 0 Å². The molecule has 6 aromatic rings. The smallest absolute Gasteiger partial charge is 0.291 e. The Hall–Kier alpha value is -7.44. The molecule has 1 unspecified atom stereocenters. The molecule has 320 valence electrons. The molecule has 2 aliphatic rings. The van der Waals surface area contributed by atoms with Gasteiger partial charge in [-0.1, -0.05) is 24.3 Å². The molecule has 3 amide bonds. The van der Waals surface area contributed by atoms with Gasteiger partial charge in [-0.05, 0) is 48.7 Å². The Balaban J connectivity index is 0.837. The van der Waals surface area contributed by atoms with E-state index in [2.05, 4.69) is 32.5 Å². The van der Waals surface area contributed by atoms with Crippen LogP contribution in [0, 0.1) is 0 Å². The molecule has 2 aliphatic heterocycles. The maximum Gasteiger partial charge on any atom is 0.291 e. The van der Waals surface area contributed by atoms with Crippen LogP contribution < -0.4 is 31.2 Å². The number of carbonyl (C=O) groups excluding carboxylic acids is 4. The van der Waals surface area contributed by atoms with E-state index in [9.17, 15) is 24.3 Å². The minimum Gasteiger partial charge on any atom is -0.493 e. The Labute approximate surface area is 356 Å². The van der Waals surface area contributed by atoms with Crippen molar-refractivity contribution in [3.8, 4) is 11.5 Å². The number of hydrogen-bond acceptors (Lipinski definition) is 11. The summed E-state index contributed by atoms with van der Waals surface area (Å²) >= 11 is 0. The fourth-order valence-electron chi connectivity index (χ4n) is 7.76. The topological polar surface area (TPSA) is 217 Å². The van der Waals surface area contributed by atoms with Gasteiger partial charge in [-0.2, -0.15) is 0 Å². The number of anilines is 3. The predicted octanol–water partition coefficient (Wildman–Crippen LogP) is 4.85. The molecule has 6 N–H and O–H groups in total. The molecule has 8 rings (SSSR count). The number of hydrogen-bond donors (Lipinski definition) is 5. The minimum atomic E-state index is -1.19. The monoisotopic (exact) mass is 841 g/mol. The average molecular weight is 842 g/mol. The lowest BCUT2D eigenvalue weighted by atomic mass is 10.1. The Morgan fingerprint density at radius 1 is 0.984 bits per heavy atom. The third-order valence-corrected chi connectivity index (χ3v) is 10.9. The van der Waals surface area contributed by atoms with Gasteiger partial charge in [0.15, 0.2) is 23.5 Å². The summed E-state index contributed by atoms with van der Waals surface area (Å²) in [5.41, 5.74) is 11.1. The van der Waals surface area contributed by atoms with E-state index < -0.39 is 12.1 Å². The maximum atomic E-state index is 13.6. The first-order chi connectivity index (χ1) is 29.8. The van der Waals surface area contributed by atoms with E-state index >= 15 is 0 Å². The second kappa shape index (κ2) is 16.9. The van der Waals surface area contributed by atoms with Gasteiger partial charge in [-0.25, -0.2) is 4.98 Å². The summed E-state index contributed by atoms with van der Waals surface area (Å²) in [6.45, 7) is 5.04. The van der Waals surface area contributed by atoms with Crippen molar-refractivity contribution in [2.75, 3.05) is 36.2 Å². The second-order valence-corrected chi connectivity index (χ2v) is 15.4. The molecule has 4 aromatic heterocycles. The number of nitrogens with two attached hydrogens (primary N) is 1. The van der Waals surface area contributed by atoms with Crippen molar-refractivity contribution in [1.82, 2.24) is 28.2 Å². The average Bonchev–Trinajstić information content (AvgIpc) is 4.07. The standard InChI is InChI=1S/C44H47N11O7/c1-25-13-30-20-46-32-18-37(36(61-5)17-31(32)43(59)55(30)21-25)62-12-6-7-39(56)49-38-24-53(4)40(50-38)42(58)48-28-15-34(51(2)22-28)41(57)47-29-16-35(52(3)23-29)44(60)54-11-10-27-9-8-26(19-45)14-33(27)54/h8-11,14-18,20,22-24,30,41,47,57H,1,6-7,12-13,19,21,45H2,2-5H3,(H,48,58)(H,49,56)/t30-,41?/m0/s1. The van der Waals surface area contributed by atoms with Gasteiger partial charge in [0.2, 0.25) is 11.7 Å². The molecule has 0 saturated carbocycles. The van der Waals surface area contributed by atoms with Crippen LogP contribution in [0.1, 0.15) is 68.2 Å². The summed E-state index contributed by atoms with van der Waals surface area (Å²) in [4.78, 5) is 63.7. The summed E-state index contributed by atoms with van der Waals surface area (Å²) in [6, 6.07) is 14.1.